The van der Waals surface area contributed by atoms with Gasteiger partial charge in [0, 0.05) is 24.2 Å². The Labute approximate surface area is 164 Å². The van der Waals surface area contributed by atoms with Crippen LogP contribution in [0.25, 0.3) is 10.9 Å². The Balaban J connectivity index is 0.00000261. The van der Waals surface area contributed by atoms with Gasteiger partial charge in [-0.25, -0.2) is 0 Å². The number of nitrogens with one attached hydrogen (secondary N) is 1. The number of anilines is 1. The normalized spacial score (nSPS) is 9.85. The number of nitrogens with zero attached hydrogens (tertiary/aromatic N) is 2. The molecule has 0 amide bonds. The van der Waals surface area contributed by atoms with E-state index in [9.17, 15) is 5.26 Å². The SMILES string of the molecule is COc1ccc2c(NCc3ccc(OC)c(OC)c3)c(C#N)cnc2c1.Cl. The molecule has 0 bridgehead atoms. The lowest BCUT2D eigenvalue weighted by atomic mass is 10.1. The number of fused-ring (bicyclic) bond motifs is 1. The molecule has 0 spiro atoms. The predicted octanol–water partition coefficient (Wildman–Crippen LogP) is 4.17. The molecule has 2 aromatic carbocycles. The van der Waals surface area contributed by atoms with Crippen molar-refractivity contribution >= 4 is 29.0 Å². The van der Waals surface area contributed by atoms with Crippen LogP contribution in [0.1, 0.15) is 11.1 Å². The van der Waals surface area contributed by atoms with Crippen molar-refractivity contribution in [3.63, 3.8) is 0 Å². The van der Waals surface area contributed by atoms with Crippen molar-refractivity contribution in [2.75, 3.05) is 26.6 Å². The molecule has 27 heavy (non-hydrogen) atoms. The average Bonchev–Trinajstić information content (AvgIpc) is 2.70. The lowest BCUT2D eigenvalue weighted by Crippen LogP contribution is -2.03. The Bertz CT molecular complexity index is 986. The van der Waals surface area contributed by atoms with E-state index >= 15 is 0 Å². The molecule has 0 aliphatic carbocycles. The maximum absolute atomic E-state index is 9.44. The van der Waals surface area contributed by atoms with E-state index in [1.54, 1.807) is 27.5 Å². The van der Waals surface area contributed by atoms with Gasteiger partial charge in [0.1, 0.15) is 11.8 Å². The van der Waals surface area contributed by atoms with Gasteiger partial charge >= 0.3 is 0 Å². The number of ether oxygens (including phenoxy) is 3. The first-order valence-corrected chi connectivity index (χ1v) is 8.01. The summed E-state index contributed by atoms with van der Waals surface area (Å²) in [5, 5.41) is 13.7. The molecule has 0 unspecified atom stereocenters. The number of rotatable bonds is 6. The zero-order chi connectivity index (χ0) is 18.5. The van der Waals surface area contributed by atoms with Gasteiger partial charge in [-0.3, -0.25) is 4.98 Å². The largest absolute Gasteiger partial charge is 0.497 e. The molecule has 7 heteroatoms. The Morgan fingerprint density at radius 1 is 1.00 bits per heavy atom. The summed E-state index contributed by atoms with van der Waals surface area (Å²) in [5.41, 5.74) is 3.00. The first-order valence-electron chi connectivity index (χ1n) is 8.01. The Kier molecular flexibility index (Phi) is 6.69. The van der Waals surface area contributed by atoms with Crippen LogP contribution in [0, 0.1) is 11.3 Å². The van der Waals surface area contributed by atoms with Crippen LogP contribution >= 0.6 is 12.4 Å². The maximum atomic E-state index is 9.44. The minimum Gasteiger partial charge on any atom is -0.497 e. The smallest absolute Gasteiger partial charge is 0.161 e. The lowest BCUT2D eigenvalue weighted by molar-refractivity contribution is 0.354. The summed E-state index contributed by atoms with van der Waals surface area (Å²) in [5.74, 6) is 2.06. The standard InChI is InChI=1S/C20H19N3O3.ClH/c1-24-15-5-6-16-17(9-15)22-12-14(10-21)20(16)23-11-13-4-7-18(25-2)19(8-13)26-3;/h4-9,12H,11H2,1-3H3,(H,22,23);1H. The lowest BCUT2D eigenvalue weighted by Gasteiger charge is -2.13. The van der Waals surface area contributed by atoms with Crippen molar-refractivity contribution < 1.29 is 14.2 Å². The molecule has 0 atom stereocenters. The number of hydrogen-bond donors (Lipinski definition) is 1. The summed E-state index contributed by atoms with van der Waals surface area (Å²) in [4.78, 5) is 4.35. The second kappa shape index (κ2) is 8.97. The Morgan fingerprint density at radius 3 is 2.44 bits per heavy atom. The van der Waals surface area contributed by atoms with Crippen molar-refractivity contribution in [2.24, 2.45) is 0 Å². The van der Waals surface area contributed by atoms with E-state index in [2.05, 4.69) is 16.4 Å². The molecule has 140 valence electrons. The van der Waals surface area contributed by atoms with Gasteiger partial charge in [0.2, 0.25) is 0 Å². The maximum Gasteiger partial charge on any atom is 0.161 e. The second-order valence-electron chi connectivity index (χ2n) is 5.58. The van der Waals surface area contributed by atoms with Gasteiger partial charge in [0.25, 0.3) is 0 Å². The number of pyridine rings is 1. The topological polar surface area (TPSA) is 76.4 Å². The molecule has 1 N–H and O–H groups in total. The number of hydrogen-bond acceptors (Lipinski definition) is 6. The van der Waals surface area contributed by atoms with Crippen LogP contribution in [0.3, 0.4) is 0 Å². The third kappa shape index (κ3) is 4.15. The summed E-state index contributed by atoms with van der Waals surface area (Å²) in [6, 6.07) is 13.5. The van der Waals surface area contributed by atoms with Crippen molar-refractivity contribution in [1.29, 1.82) is 5.26 Å². The van der Waals surface area contributed by atoms with Crippen LogP contribution in [-0.4, -0.2) is 26.3 Å². The monoisotopic (exact) mass is 385 g/mol. The quantitative estimate of drug-likeness (QED) is 0.686. The van der Waals surface area contributed by atoms with Gasteiger partial charge in [0.15, 0.2) is 11.5 Å². The molecule has 0 radical (unpaired) electrons. The molecular weight excluding hydrogens is 366 g/mol. The summed E-state index contributed by atoms with van der Waals surface area (Å²) in [6.07, 6.45) is 1.57. The minimum atomic E-state index is 0. The van der Waals surface area contributed by atoms with Crippen LogP contribution < -0.4 is 19.5 Å². The first kappa shape index (κ1) is 20.1. The Hall–Kier alpha value is -3.17. The van der Waals surface area contributed by atoms with Crippen molar-refractivity contribution in [2.45, 2.75) is 6.54 Å². The zero-order valence-electron chi connectivity index (χ0n) is 15.3. The van der Waals surface area contributed by atoms with Gasteiger partial charge in [-0.1, -0.05) is 6.07 Å². The Morgan fingerprint density at radius 2 is 1.78 bits per heavy atom. The van der Waals surface area contributed by atoms with E-state index in [-0.39, 0.29) is 12.4 Å². The molecule has 1 aromatic heterocycles. The van der Waals surface area contributed by atoms with Gasteiger partial charge in [-0.15, -0.1) is 12.4 Å². The number of nitriles is 1. The molecular formula is C20H20ClN3O3. The van der Waals surface area contributed by atoms with Crippen molar-refractivity contribution in [3.05, 3.63) is 53.7 Å². The fraction of sp³-hybridized carbons (Fsp3) is 0.200. The van der Waals surface area contributed by atoms with E-state index < -0.39 is 0 Å². The molecule has 1 heterocycles. The fourth-order valence-corrected chi connectivity index (χ4v) is 2.76. The highest BCUT2D eigenvalue weighted by molar-refractivity contribution is 5.94. The van der Waals surface area contributed by atoms with Crippen molar-refractivity contribution in [1.82, 2.24) is 4.98 Å². The minimum absolute atomic E-state index is 0. The summed E-state index contributed by atoms with van der Waals surface area (Å²) >= 11 is 0. The van der Waals surface area contributed by atoms with E-state index in [0.717, 1.165) is 27.9 Å². The van der Waals surface area contributed by atoms with E-state index in [4.69, 9.17) is 14.2 Å². The van der Waals surface area contributed by atoms with Crippen LogP contribution in [-0.2, 0) is 6.54 Å². The highest BCUT2D eigenvalue weighted by Crippen LogP contribution is 2.30. The highest BCUT2D eigenvalue weighted by Gasteiger charge is 2.11. The molecule has 0 saturated heterocycles. The first-order chi connectivity index (χ1) is 12.7. The molecule has 3 aromatic rings. The van der Waals surface area contributed by atoms with Gasteiger partial charge in [0.05, 0.1) is 38.1 Å². The van der Waals surface area contributed by atoms with Crippen LogP contribution in [0.15, 0.2) is 42.6 Å². The van der Waals surface area contributed by atoms with E-state index in [1.807, 2.05) is 36.4 Å². The van der Waals surface area contributed by atoms with Crippen LogP contribution in [0.5, 0.6) is 17.2 Å². The number of halogens is 1. The fourth-order valence-electron chi connectivity index (χ4n) is 2.76. The molecule has 0 aliphatic heterocycles. The second-order valence-corrected chi connectivity index (χ2v) is 5.58. The summed E-state index contributed by atoms with van der Waals surface area (Å²) in [7, 11) is 4.82. The molecule has 0 aliphatic rings. The highest BCUT2D eigenvalue weighted by atomic mass is 35.5. The van der Waals surface area contributed by atoms with Gasteiger partial charge in [-0.05, 0) is 29.8 Å². The number of benzene rings is 2. The zero-order valence-corrected chi connectivity index (χ0v) is 16.1. The molecule has 0 fully saturated rings. The molecule has 0 saturated carbocycles. The summed E-state index contributed by atoms with van der Waals surface area (Å²) < 4.78 is 15.8. The third-order valence-corrected chi connectivity index (χ3v) is 4.11. The molecule has 6 nitrogen and oxygen atoms in total. The van der Waals surface area contributed by atoms with E-state index in [1.165, 1.54) is 0 Å². The molecule has 3 rings (SSSR count). The van der Waals surface area contributed by atoms with Crippen molar-refractivity contribution in [3.8, 4) is 23.3 Å². The predicted molar refractivity (Wildman–Crippen MR) is 107 cm³/mol. The summed E-state index contributed by atoms with van der Waals surface area (Å²) in [6.45, 7) is 0.528. The van der Waals surface area contributed by atoms with E-state index in [0.29, 0.717) is 23.6 Å². The van der Waals surface area contributed by atoms with Crippen LogP contribution in [0.2, 0.25) is 0 Å². The third-order valence-electron chi connectivity index (χ3n) is 4.11. The number of aromatic nitrogens is 1. The average molecular weight is 386 g/mol. The van der Waals surface area contributed by atoms with Gasteiger partial charge < -0.3 is 19.5 Å². The van der Waals surface area contributed by atoms with Crippen LogP contribution in [0.4, 0.5) is 5.69 Å². The number of methoxy groups -OCH3 is 3. The van der Waals surface area contributed by atoms with Gasteiger partial charge in [-0.2, -0.15) is 5.26 Å².